The summed E-state index contributed by atoms with van der Waals surface area (Å²) in [4.78, 5) is 12.9. The zero-order chi connectivity index (χ0) is 8.97. The fourth-order valence-electron chi connectivity index (χ4n) is 1.34. The second-order valence-corrected chi connectivity index (χ2v) is 2.92. The van der Waals surface area contributed by atoms with Crippen molar-refractivity contribution in [1.82, 2.24) is 10.2 Å². The number of nitrogens with two attached hydrogens (primary N) is 1. The molecule has 1 heterocycles. The molecule has 1 aliphatic heterocycles. The number of hydrogen-bond acceptors (Lipinski definition) is 2. The molecule has 68 valence electrons. The van der Waals surface area contributed by atoms with E-state index in [9.17, 15) is 4.79 Å². The van der Waals surface area contributed by atoms with Crippen molar-refractivity contribution in [3.63, 3.8) is 0 Å². The third-order valence-electron chi connectivity index (χ3n) is 1.92. The van der Waals surface area contributed by atoms with E-state index < -0.39 is 0 Å². The first-order valence-corrected chi connectivity index (χ1v) is 4.14. The highest BCUT2D eigenvalue weighted by molar-refractivity contribution is 5.77. The molecule has 0 aromatic carbocycles. The lowest BCUT2D eigenvalue weighted by Gasteiger charge is -2.10. The Morgan fingerprint density at radius 1 is 1.83 bits per heavy atom. The zero-order valence-electron chi connectivity index (χ0n) is 7.12. The van der Waals surface area contributed by atoms with Gasteiger partial charge in [0.25, 0.3) is 0 Å². The molecule has 1 unspecified atom stereocenters. The Morgan fingerprint density at radius 3 is 3.17 bits per heavy atom. The molecule has 1 fully saturated rings. The fourth-order valence-corrected chi connectivity index (χ4v) is 1.34. The topological polar surface area (TPSA) is 58.4 Å². The predicted octanol–water partition coefficient (Wildman–Crippen LogP) is -0.0850. The Labute approximate surface area is 72.4 Å². The minimum absolute atomic E-state index is 0.00616. The maximum absolute atomic E-state index is 11.2. The van der Waals surface area contributed by atoms with Crippen LogP contribution < -0.4 is 11.1 Å². The van der Waals surface area contributed by atoms with Gasteiger partial charge in [-0.15, -0.1) is 6.58 Å². The number of nitrogens with one attached hydrogen (secondary N) is 1. The van der Waals surface area contributed by atoms with Crippen molar-refractivity contribution in [2.75, 3.05) is 19.6 Å². The highest BCUT2D eigenvalue weighted by atomic mass is 16.2. The van der Waals surface area contributed by atoms with Crippen LogP contribution in [0.4, 0.5) is 4.79 Å². The lowest BCUT2D eigenvalue weighted by Crippen LogP contribution is -2.29. The van der Waals surface area contributed by atoms with Crippen molar-refractivity contribution < 1.29 is 4.79 Å². The van der Waals surface area contributed by atoms with Crippen LogP contribution in [0.15, 0.2) is 12.7 Å². The Balaban J connectivity index is 2.38. The summed E-state index contributed by atoms with van der Waals surface area (Å²) in [5.41, 5.74) is 5.38. The van der Waals surface area contributed by atoms with Crippen LogP contribution in [0.3, 0.4) is 0 Å². The lowest BCUT2D eigenvalue weighted by molar-refractivity contribution is 0.222. The lowest BCUT2D eigenvalue weighted by atomic mass is 10.2. The largest absolute Gasteiger partial charge is 0.333 e. The van der Waals surface area contributed by atoms with E-state index in [4.69, 9.17) is 5.73 Å². The maximum Gasteiger partial charge on any atom is 0.318 e. The van der Waals surface area contributed by atoms with Crippen molar-refractivity contribution in [1.29, 1.82) is 0 Å². The van der Waals surface area contributed by atoms with Crippen LogP contribution in [0, 0.1) is 0 Å². The first kappa shape index (κ1) is 9.06. The number of carbonyl (C=O) groups excluding carboxylic acids is 1. The molecule has 0 aromatic rings. The number of hydrogen-bond donors (Lipinski definition) is 2. The van der Waals surface area contributed by atoms with Crippen molar-refractivity contribution >= 4 is 6.03 Å². The Morgan fingerprint density at radius 2 is 2.58 bits per heavy atom. The Hall–Kier alpha value is -1.03. The van der Waals surface area contributed by atoms with Gasteiger partial charge in [0.05, 0.1) is 0 Å². The molecule has 4 nitrogen and oxygen atoms in total. The van der Waals surface area contributed by atoms with Gasteiger partial charge >= 0.3 is 6.03 Å². The minimum Gasteiger partial charge on any atom is -0.333 e. The van der Waals surface area contributed by atoms with Gasteiger partial charge < -0.3 is 16.0 Å². The summed E-state index contributed by atoms with van der Waals surface area (Å²) in [6, 6.07) is 0.218. The van der Waals surface area contributed by atoms with Crippen molar-refractivity contribution in [2.45, 2.75) is 12.5 Å². The summed E-state index contributed by atoms with van der Waals surface area (Å²) in [5.74, 6) is 0. The number of nitrogens with zero attached hydrogens (tertiary/aromatic N) is 1. The molecule has 0 radical (unpaired) electrons. The highest BCUT2D eigenvalue weighted by Crippen LogP contribution is 2.05. The van der Waals surface area contributed by atoms with Gasteiger partial charge in [-0.2, -0.15) is 0 Å². The molecule has 1 saturated heterocycles. The minimum atomic E-state index is -0.00616. The predicted molar refractivity (Wildman–Crippen MR) is 47.8 cm³/mol. The smallest absolute Gasteiger partial charge is 0.318 e. The van der Waals surface area contributed by atoms with Gasteiger partial charge in [0, 0.05) is 19.1 Å². The fraction of sp³-hybridized carbons (Fsp3) is 0.625. The molecule has 12 heavy (non-hydrogen) atoms. The summed E-state index contributed by atoms with van der Waals surface area (Å²) in [6.07, 6.45) is 2.57. The third-order valence-corrected chi connectivity index (χ3v) is 1.92. The first-order valence-electron chi connectivity index (χ1n) is 4.14. The highest BCUT2D eigenvalue weighted by Gasteiger charge is 2.26. The molecule has 4 heteroatoms. The SMILES string of the molecule is C=CCN1CC(CCN)NC1=O. The quantitative estimate of drug-likeness (QED) is 0.578. The molecule has 1 rings (SSSR count). The molecule has 0 aromatic heterocycles. The van der Waals surface area contributed by atoms with Crippen molar-refractivity contribution in [3.05, 3.63) is 12.7 Å². The molecule has 2 amide bonds. The monoisotopic (exact) mass is 169 g/mol. The van der Waals surface area contributed by atoms with Crippen LogP contribution >= 0.6 is 0 Å². The number of urea groups is 1. The van der Waals surface area contributed by atoms with Crippen LogP contribution in [-0.2, 0) is 0 Å². The standard InChI is InChI=1S/C8H15N3O/c1-2-5-11-6-7(3-4-9)10-8(11)12/h2,7H,1,3-6,9H2,(H,10,12). The Kier molecular flexibility index (Phi) is 3.10. The van der Waals surface area contributed by atoms with Gasteiger partial charge in [-0.3, -0.25) is 0 Å². The number of rotatable bonds is 4. The molecule has 0 bridgehead atoms. The zero-order valence-corrected chi connectivity index (χ0v) is 7.12. The van der Waals surface area contributed by atoms with Crippen LogP contribution in [0.1, 0.15) is 6.42 Å². The molecule has 1 aliphatic rings. The third kappa shape index (κ3) is 1.98. The van der Waals surface area contributed by atoms with E-state index in [1.165, 1.54) is 0 Å². The van der Waals surface area contributed by atoms with Crippen LogP contribution in [0.2, 0.25) is 0 Å². The van der Waals surface area contributed by atoms with E-state index in [2.05, 4.69) is 11.9 Å². The van der Waals surface area contributed by atoms with Crippen LogP contribution in [0.5, 0.6) is 0 Å². The summed E-state index contributed by atoms with van der Waals surface area (Å²) in [6.45, 7) is 5.57. The molecule has 1 atom stereocenters. The average Bonchev–Trinajstić information content (AvgIpc) is 2.34. The molecular formula is C8H15N3O. The van der Waals surface area contributed by atoms with Gasteiger partial charge in [0.15, 0.2) is 0 Å². The molecule has 0 saturated carbocycles. The van der Waals surface area contributed by atoms with E-state index >= 15 is 0 Å². The van der Waals surface area contributed by atoms with Crippen LogP contribution in [0.25, 0.3) is 0 Å². The summed E-state index contributed by atoms with van der Waals surface area (Å²) in [5, 5.41) is 2.85. The molecular weight excluding hydrogens is 154 g/mol. The molecule has 3 N–H and O–H groups in total. The second kappa shape index (κ2) is 4.11. The van der Waals surface area contributed by atoms with E-state index in [0.29, 0.717) is 13.1 Å². The summed E-state index contributed by atoms with van der Waals surface area (Å²) < 4.78 is 0. The summed E-state index contributed by atoms with van der Waals surface area (Å²) in [7, 11) is 0. The normalized spacial score (nSPS) is 22.6. The van der Waals surface area contributed by atoms with E-state index in [1.54, 1.807) is 11.0 Å². The maximum atomic E-state index is 11.2. The van der Waals surface area contributed by atoms with Crippen LogP contribution in [-0.4, -0.2) is 36.6 Å². The van der Waals surface area contributed by atoms with Gasteiger partial charge in [0.1, 0.15) is 0 Å². The second-order valence-electron chi connectivity index (χ2n) is 2.92. The van der Waals surface area contributed by atoms with E-state index in [1.807, 2.05) is 0 Å². The average molecular weight is 169 g/mol. The molecule has 0 aliphatic carbocycles. The van der Waals surface area contributed by atoms with E-state index in [0.717, 1.165) is 13.0 Å². The van der Waals surface area contributed by atoms with Gasteiger partial charge in [0.2, 0.25) is 0 Å². The summed E-state index contributed by atoms with van der Waals surface area (Å²) >= 11 is 0. The van der Waals surface area contributed by atoms with Gasteiger partial charge in [-0.1, -0.05) is 6.08 Å². The van der Waals surface area contributed by atoms with Gasteiger partial charge in [-0.05, 0) is 13.0 Å². The number of carbonyl (C=O) groups is 1. The first-order chi connectivity index (χ1) is 5.77. The van der Waals surface area contributed by atoms with Crippen molar-refractivity contribution in [3.8, 4) is 0 Å². The van der Waals surface area contributed by atoms with Crippen molar-refractivity contribution in [2.24, 2.45) is 5.73 Å². The van der Waals surface area contributed by atoms with E-state index in [-0.39, 0.29) is 12.1 Å². The van der Waals surface area contributed by atoms with Gasteiger partial charge in [-0.25, -0.2) is 4.79 Å². The number of amides is 2. The molecule has 0 spiro atoms. The Bertz CT molecular complexity index is 181.